The highest BCUT2D eigenvalue weighted by molar-refractivity contribution is 7.92. The van der Waals surface area contributed by atoms with Crippen molar-refractivity contribution in [2.24, 2.45) is 5.14 Å². The summed E-state index contributed by atoms with van der Waals surface area (Å²) in [6.45, 7) is 0. The van der Waals surface area contributed by atoms with Gasteiger partial charge in [-0.2, -0.15) is 0 Å². The van der Waals surface area contributed by atoms with Gasteiger partial charge in [0.2, 0.25) is 10.0 Å². The predicted octanol–water partition coefficient (Wildman–Crippen LogP) is 1.27. The Labute approximate surface area is 121 Å². The summed E-state index contributed by atoms with van der Waals surface area (Å²) in [6, 6.07) is 9.75. The Morgan fingerprint density at radius 2 is 1.62 bits per heavy atom. The van der Waals surface area contributed by atoms with Gasteiger partial charge in [0.25, 0.3) is 10.0 Å². The molecule has 2 rings (SSSR count). The lowest BCUT2D eigenvalue weighted by Gasteiger charge is -2.09. The predicted molar refractivity (Wildman–Crippen MR) is 75.0 cm³/mol. The van der Waals surface area contributed by atoms with Gasteiger partial charge in [-0.25, -0.2) is 26.4 Å². The number of sulfonamides is 2. The average Bonchev–Trinajstić information content (AvgIpc) is 2.37. The van der Waals surface area contributed by atoms with Crippen molar-refractivity contribution < 1.29 is 21.2 Å². The topological polar surface area (TPSA) is 106 Å². The third-order valence-electron chi connectivity index (χ3n) is 2.54. The third-order valence-corrected chi connectivity index (χ3v) is 4.87. The van der Waals surface area contributed by atoms with E-state index in [1.54, 1.807) is 0 Å². The lowest BCUT2D eigenvalue weighted by Crippen LogP contribution is -2.16. The number of benzene rings is 2. The van der Waals surface area contributed by atoms with Gasteiger partial charge in [0.15, 0.2) is 0 Å². The van der Waals surface area contributed by atoms with Crippen LogP contribution in [0.1, 0.15) is 0 Å². The van der Waals surface area contributed by atoms with Gasteiger partial charge in [-0.1, -0.05) is 18.2 Å². The minimum Gasteiger partial charge on any atom is -0.280 e. The van der Waals surface area contributed by atoms with Crippen molar-refractivity contribution >= 4 is 25.7 Å². The molecule has 0 saturated heterocycles. The van der Waals surface area contributed by atoms with Gasteiger partial charge in [0, 0.05) is 0 Å². The van der Waals surface area contributed by atoms with Crippen LogP contribution in [0.25, 0.3) is 0 Å². The lowest BCUT2D eigenvalue weighted by molar-refractivity contribution is 0.570. The van der Waals surface area contributed by atoms with Crippen LogP contribution in [-0.2, 0) is 20.0 Å². The van der Waals surface area contributed by atoms with E-state index in [-0.39, 0.29) is 10.6 Å². The highest BCUT2D eigenvalue weighted by atomic mass is 32.2. The molecule has 0 aliphatic heterocycles. The van der Waals surface area contributed by atoms with Gasteiger partial charge in [0.05, 0.1) is 10.6 Å². The molecule has 0 spiro atoms. The van der Waals surface area contributed by atoms with Crippen molar-refractivity contribution in [3.05, 3.63) is 54.3 Å². The quantitative estimate of drug-likeness (QED) is 0.880. The first-order chi connectivity index (χ1) is 9.70. The summed E-state index contributed by atoms with van der Waals surface area (Å²) in [4.78, 5) is -0.790. The maximum absolute atomic E-state index is 13.5. The molecule has 2 aromatic carbocycles. The van der Waals surface area contributed by atoms with E-state index in [0.717, 1.165) is 18.2 Å². The van der Waals surface area contributed by atoms with Crippen molar-refractivity contribution in [1.29, 1.82) is 0 Å². The van der Waals surface area contributed by atoms with E-state index in [4.69, 9.17) is 5.14 Å². The second kappa shape index (κ2) is 5.43. The molecule has 0 heterocycles. The summed E-state index contributed by atoms with van der Waals surface area (Å²) in [5, 5.41) is 4.96. The summed E-state index contributed by atoms with van der Waals surface area (Å²) in [5.74, 6) is -0.910. The zero-order chi connectivity index (χ0) is 15.7. The largest absolute Gasteiger partial charge is 0.280 e. The molecule has 0 aliphatic rings. The van der Waals surface area contributed by atoms with Gasteiger partial charge in [-0.05, 0) is 30.3 Å². The van der Waals surface area contributed by atoms with E-state index in [1.165, 1.54) is 30.3 Å². The molecule has 21 heavy (non-hydrogen) atoms. The monoisotopic (exact) mass is 330 g/mol. The Morgan fingerprint density at radius 1 is 0.952 bits per heavy atom. The Bertz CT molecular complexity index is 880. The lowest BCUT2D eigenvalue weighted by atomic mass is 10.3. The van der Waals surface area contributed by atoms with Gasteiger partial charge in [-0.15, -0.1) is 0 Å². The molecule has 6 nitrogen and oxygen atoms in total. The molecular formula is C12H11FN2O4S2. The number of halogens is 1. The normalized spacial score (nSPS) is 12.1. The molecule has 0 aliphatic carbocycles. The molecule has 112 valence electrons. The molecule has 0 fully saturated rings. The van der Waals surface area contributed by atoms with Crippen molar-refractivity contribution in [2.45, 2.75) is 9.79 Å². The minimum absolute atomic E-state index is 0.0372. The van der Waals surface area contributed by atoms with Crippen LogP contribution in [0, 0.1) is 5.82 Å². The number of hydrogen-bond acceptors (Lipinski definition) is 4. The fraction of sp³-hybridized carbons (Fsp3) is 0. The molecule has 0 aromatic heterocycles. The van der Waals surface area contributed by atoms with Gasteiger partial charge in [0.1, 0.15) is 10.7 Å². The van der Waals surface area contributed by atoms with Crippen molar-refractivity contribution in [3.63, 3.8) is 0 Å². The highest BCUT2D eigenvalue weighted by Gasteiger charge is 2.19. The second-order valence-corrected chi connectivity index (χ2v) is 7.32. The maximum atomic E-state index is 13.5. The minimum atomic E-state index is -4.17. The third kappa shape index (κ3) is 3.57. The molecule has 0 radical (unpaired) electrons. The van der Waals surface area contributed by atoms with E-state index in [2.05, 4.69) is 4.72 Å². The molecule has 0 saturated carbocycles. The first-order valence-electron chi connectivity index (χ1n) is 5.60. The molecule has 0 atom stereocenters. The summed E-state index contributed by atoms with van der Waals surface area (Å²) in [6.07, 6.45) is 0. The van der Waals surface area contributed by atoms with Crippen LogP contribution >= 0.6 is 0 Å². The van der Waals surface area contributed by atoms with Gasteiger partial charge >= 0.3 is 0 Å². The van der Waals surface area contributed by atoms with E-state index in [1.807, 2.05) is 0 Å². The number of primary sulfonamides is 1. The summed E-state index contributed by atoms with van der Waals surface area (Å²) in [7, 11) is -8.13. The van der Waals surface area contributed by atoms with Crippen molar-refractivity contribution in [2.75, 3.05) is 4.72 Å². The number of anilines is 1. The standard InChI is InChI=1S/C12H11FN2O4S2/c13-11-6-1-2-7-12(11)21(18,19)15-9-4-3-5-10(8-9)20(14,16)17/h1-8,15H,(H2,14,16,17). The zero-order valence-electron chi connectivity index (χ0n) is 10.5. The first kappa shape index (κ1) is 15.4. The molecule has 0 amide bonds. The number of rotatable bonds is 4. The van der Waals surface area contributed by atoms with Crippen LogP contribution in [-0.4, -0.2) is 16.8 Å². The fourth-order valence-corrected chi connectivity index (χ4v) is 3.30. The Balaban J connectivity index is 2.41. The Morgan fingerprint density at radius 3 is 2.24 bits per heavy atom. The number of nitrogens with one attached hydrogen (secondary N) is 1. The Hall–Kier alpha value is -1.97. The average molecular weight is 330 g/mol. The van der Waals surface area contributed by atoms with E-state index < -0.39 is 30.8 Å². The molecule has 3 N–H and O–H groups in total. The van der Waals surface area contributed by atoms with Crippen LogP contribution in [0.2, 0.25) is 0 Å². The highest BCUT2D eigenvalue weighted by Crippen LogP contribution is 2.20. The van der Waals surface area contributed by atoms with E-state index in [0.29, 0.717) is 0 Å². The smallest absolute Gasteiger partial charge is 0.264 e. The van der Waals surface area contributed by atoms with E-state index in [9.17, 15) is 21.2 Å². The summed E-state index contributed by atoms with van der Waals surface area (Å²) in [5.41, 5.74) is -0.0372. The molecule has 0 bridgehead atoms. The van der Waals surface area contributed by atoms with Gasteiger partial charge < -0.3 is 0 Å². The van der Waals surface area contributed by atoms with E-state index >= 15 is 0 Å². The van der Waals surface area contributed by atoms with Crippen LogP contribution < -0.4 is 9.86 Å². The Kier molecular flexibility index (Phi) is 3.99. The van der Waals surface area contributed by atoms with Crippen LogP contribution in [0.4, 0.5) is 10.1 Å². The van der Waals surface area contributed by atoms with Gasteiger partial charge in [-0.3, -0.25) is 4.72 Å². The molecule has 2 aromatic rings. The first-order valence-corrected chi connectivity index (χ1v) is 8.63. The molecule has 9 heteroatoms. The SMILES string of the molecule is NS(=O)(=O)c1cccc(NS(=O)(=O)c2ccccc2F)c1. The van der Waals surface area contributed by atoms with Crippen LogP contribution in [0.15, 0.2) is 58.3 Å². The second-order valence-electron chi connectivity index (χ2n) is 4.11. The van der Waals surface area contributed by atoms with Crippen molar-refractivity contribution in [1.82, 2.24) is 0 Å². The van der Waals surface area contributed by atoms with Crippen LogP contribution in [0.5, 0.6) is 0 Å². The molecular weight excluding hydrogens is 319 g/mol. The fourth-order valence-electron chi connectivity index (χ4n) is 1.61. The summed E-state index contributed by atoms with van der Waals surface area (Å²) < 4.78 is 62.2. The maximum Gasteiger partial charge on any atom is 0.264 e. The summed E-state index contributed by atoms with van der Waals surface area (Å²) >= 11 is 0. The van der Waals surface area contributed by atoms with Crippen molar-refractivity contribution in [3.8, 4) is 0 Å². The zero-order valence-corrected chi connectivity index (χ0v) is 12.2. The molecule has 0 unspecified atom stereocenters. The van der Waals surface area contributed by atoms with Crippen LogP contribution in [0.3, 0.4) is 0 Å². The number of nitrogens with two attached hydrogens (primary N) is 1. The number of hydrogen-bond donors (Lipinski definition) is 2.